The van der Waals surface area contributed by atoms with E-state index in [0.717, 1.165) is 10.6 Å². The molecule has 0 saturated carbocycles. The van der Waals surface area contributed by atoms with E-state index in [9.17, 15) is 9.59 Å². The second-order valence-corrected chi connectivity index (χ2v) is 4.75. The lowest BCUT2D eigenvalue weighted by Crippen LogP contribution is -2.23. The molecule has 0 radical (unpaired) electrons. The molecule has 0 unspecified atom stereocenters. The zero-order valence-electron chi connectivity index (χ0n) is 11.0. The summed E-state index contributed by atoms with van der Waals surface area (Å²) in [6.07, 6.45) is 0. The molecule has 0 aliphatic rings. The van der Waals surface area contributed by atoms with Crippen LogP contribution in [0.2, 0.25) is 0 Å². The zero-order valence-corrected chi connectivity index (χ0v) is 11.9. The molecule has 0 bridgehead atoms. The molecule has 21 heavy (non-hydrogen) atoms. The normalized spacial score (nSPS) is 9.95. The third-order valence-electron chi connectivity index (χ3n) is 2.78. The van der Waals surface area contributed by atoms with Crippen LogP contribution in [0.5, 0.6) is 0 Å². The van der Waals surface area contributed by atoms with E-state index in [1.165, 1.54) is 6.07 Å². The van der Waals surface area contributed by atoms with Crippen molar-refractivity contribution in [3.8, 4) is 0 Å². The molecule has 0 heterocycles. The van der Waals surface area contributed by atoms with Crippen LogP contribution in [-0.2, 0) is 4.79 Å². The standard InChI is InChI=1S/C15H14N2O3S/c18-14(9-16-12-7-3-4-8-13(12)21)17-11-6-2-1-5-10(11)15(19)20/h1-8,16,21H,9H2,(H,17,18)(H,19,20). The summed E-state index contributed by atoms with van der Waals surface area (Å²) in [6.45, 7) is 0.0194. The largest absolute Gasteiger partial charge is 0.478 e. The molecule has 0 aromatic heterocycles. The van der Waals surface area contributed by atoms with Crippen molar-refractivity contribution in [2.45, 2.75) is 4.90 Å². The van der Waals surface area contributed by atoms with Crippen molar-refractivity contribution in [2.75, 3.05) is 17.2 Å². The molecule has 0 saturated heterocycles. The predicted octanol–water partition coefficient (Wildman–Crippen LogP) is 2.72. The molecule has 0 spiro atoms. The van der Waals surface area contributed by atoms with Gasteiger partial charge in [0.25, 0.3) is 0 Å². The number of thiol groups is 1. The van der Waals surface area contributed by atoms with Gasteiger partial charge >= 0.3 is 5.97 Å². The van der Waals surface area contributed by atoms with Crippen LogP contribution >= 0.6 is 12.6 Å². The van der Waals surface area contributed by atoms with Crippen molar-refractivity contribution >= 4 is 35.9 Å². The number of carboxylic acids is 1. The second-order valence-electron chi connectivity index (χ2n) is 4.27. The number of amides is 1. The molecule has 2 aromatic carbocycles. The maximum atomic E-state index is 11.9. The number of hydrogen-bond acceptors (Lipinski definition) is 4. The van der Waals surface area contributed by atoms with Crippen LogP contribution < -0.4 is 10.6 Å². The highest BCUT2D eigenvalue weighted by molar-refractivity contribution is 7.80. The first kappa shape index (κ1) is 14.9. The monoisotopic (exact) mass is 302 g/mol. The molecule has 1 amide bonds. The maximum absolute atomic E-state index is 11.9. The number of benzene rings is 2. The average Bonchev–Trinajstić information content (AvgIpc) is 2.47. The molecule has 0 aliphatic carbocycles. The van der Waals surface area contributed by atoms with E-state index in [1.54, 1.807) is 24.3 Å². The number of hydrogen-bond donors (Lipinski definition) is 4. The third kappa shape index (κ3) is 4.00. The molecular formula is C15H14N2O3S. The first-order valence-electron chi connectivity index (χ1n) is 6.22. The fourth-order valence-electron chi connectivity index (χ4n) is 1.77. The van der Waals surface area contributed by atoms with Gasteiger partial charge in [-0.25, -0.2) is 4.79 Å². The van der Waals surface area contributed by atoms with Crippen LogP contribution in [0.15, 0.2) is 53.4 Å². The molecular weight excluding hydrogens is 288 g/mol. The van der Waals surface area contributed by atoms with Crippen LogP contribution in [0.1, 0.15) is 10.4 Å². The first-order valence-corrected chi connectivity index (χ1v) is 6.66. The quantitative estimate of drug-likeness (QED) is 0.640. The van der Waals surface area contributed by atoms with Crippen molar-refractivity contribution in [3.63, 3.8) is 0 Å². The lowest BCUT2D eigenvalue weighted by atomic mass is 10.2. The lowest BCUT2D eigenvalue weighted by Gasteiger charge is -2.10. The highest BCUT2D eigenvalue weighted by atomic mass is 32.1. The van der Waals surface area contributed by atoms with Gasteiger partial charge in [-0.3, -0.25) is 4.79 Å². The fourth-order valence-corrected chi connectivity index (χ4v) is 2.01. The third-order valence-corrected chi connectivity index (χ3v) is 3.16. The number of carbonyl (C=O) groups is 2. The van der Waals surface area contributed by atoms with E-state index >= 15 is 0 Å². The number of carboxylic acid groups (broad SMARTS) is 1. The molecule has 5 nitrogen and oxygen atoms in total. The van der Waals surface area contributed by atoms with Gasteiger partial charge in [-0.05, 0) is 24.3 Å². The molecule has 2 rings (SSSR count). The van der Waals surface area contributed by atoms with Crippen molar-refractivity contribution in [2.24, 2.45) is 0 Å². The van der Waals surface area contributed by atoms with E-state index in [2.05, 4.69) is 23.3 Å². The van der Waals surface area contributed by atoms with Crippen molar-refractivity contribution in [3.05, 3.63) is 54.1 Å². The van der Waals surface area contributed by atoms with Gasteiger partial charge in [0.05, 0.1) is 17.8 Å². The smallest absolute Gasteiger partial charge is 0.337 e. The maximum Gasteiger partial charge on any atom is 0.337 e. The molecule has 2 aromatic rings. The summed E-state index contributed by atoms with van der Waals surface area (Å²) in [4.78, 5) is 23.7. The minimum atomic E-state index is -1.08. The Labute approximate surface area is 127 Å². The topological polar surface area (TPSA) is 78.4 Å². The summed E-state index contributed by atoms with van der Waals surface area (Å²) in [6, 6.07) is 13.6. The first-order chi connectivity index (χ1) is 10.1. The van der Waals surface area contributed by atoms with E-state index in [4.69, 9.17) is 5.11 Å². The molecule has 3 N–H and O–H groups in total. The van der Waals surface area contributed by atoms with Crippen LogP contribution in [0.25, 0.3) is 0 Å². The summed E-state index contributed by atoms with van der Waals surface area (Å²) in [5, 5.41) is 14.6. The number of rotatable bonds is 5. The minimum absolute atomic E-state index is 0.0194. The van der Waals surface area contributed by atoms with E-state index in [1.807, 2.05) is 18.2 Å². The lowest BCUT2D eigenvalue weighted by molar-refractivity contribution is -0.114. The van der Waals surface area contributed by atoms with Gasteiger partial charge in [-0.15, -0.1) is 12.6 Å². The SMILES string of the molecule is O=C(CNc1ccccc1S)Nc1ccccc1C(=O)O. The van der Waals surface area contributed by atoms with Crippen LogP contribution in [0, 0.1) is 0 Å². The highest BCUT2D eigenvalue weighted by Crippen LogP contribution is 2.18. The van der Waals surface area contributed by atoms with Crippen LogP contribution in [0.3, 0.4) is 0 Å². The summed E-state index contributed by atoms with van der Waals surface area (Å²) < 4.78 is 0. The van der Waals surface area contributed by atoms with Crippen molar-refractivity contribution < 1.29 is 14.7 Å². The van der Waals surface area contributed by atoms with Gasteiger partial charge in [-0.1, -0.05) is 24.3 Å². The predicted molar refractivity (Wildman–Crippen MR) is 84.2 cm³/mol. The molecule has 0 fully saturated rings. The second kappa shape index (κ2) is 6.81. The van der Waals surface area contributed by atoms with Gasteiger partial charge in [0, 0.05) is 10.6 Å². The number of nitrogens with one attached hydrogen (secondary N) is 2. The summed E-state index contributed by atoms with van der Waals surface area (Å²) in [5.41, 5.74) is 1.07. The van der Waals surface area contributed by atoms with Gasteiger partial charge < -0.3 is 15.7 Å². The van der Waals surface area contributed by atoms with Crippen molar-refractivity contribution in [1.29, 1.82) is 0 Å². The Hall–Kier alpha value is -2.47. The van der Waals surface area contributed by atoms with Crippen molar-refractivity contribution in [1.82, 2.24) is 0 Å². The Morgan fingerprint density at radius 3 is 2.29 bits per heavy atom. The summed E-state index contributed by atoms with van der Waals surface area (Å²) in [7, 11) is 0. The Bertz CT molecular complexity index is 673. The van der Waals surface area contributed by atoms with Gasteiger partial charge in [0.2, 0.25) is 5.91 Å². The molecule has 108 valence electrons. The number of carbonyl (C=O) groups excluding carboxylic acids is 1. The van der Waals surface area contributed by atoms with Crippen LogP contribution in [0.4, 0.5) is 11.4 Å². The average molecular weight is 302 g/mol. The highest BCUT2D eigenvalue weighted by Gasteiger charge is 2.11. The van der Waals surface area contributed by atoms with Crippen LogP contribution in [-0.4, -0.2) is 23.5 Å². The molecule has 0 aliphatic heterocycles. The Kier molecular flexibility index (Phi) is 4.84. The fraction of sp³-hybridized carbons (Fsp3) is 0.0667. The zero-order chi connectivity index (χ0) is 15.2. The van der Waals surface area contributed by atoms with E-state index < -0.39 is 5.97 Å². The molecule has 6 heteroatoms. The van der Waals surface area contributed by atoms with E-state index in [-0.39, 0.29) is 23.7 Å². The van der Waals surface area contributed by atoms with E-state index in [0.29, 0.717) is 0 Å². The van der Waals surface area contributed by atoms with Gasteiger partial charge in [0.1, 0.15) is 0 Å². The minimum Gasteiger partial charge on any atom is -0.478 e. The number of aromatic carboxylic acids is 1. The Balaban J connectivity index is 2.00. The van der Waals surface area contributed by atoms with Gasteiger partial charge in [0.15, 0.2) is 0 Å². The Morgan fingerprint density at radius 2 is 1.62 bits per heavy atom. The summed E-state index contributed by atoms with van der Waals surface area (Å²) >= 11 is 4.27. The number of para-hydroxylation sites is 2. The number of anilines is 2. The van der Waals surface area contributed by atoms with Gasteiger partial charge in [-0.2, -0.15) is 0 Å². The Morgan fingerprint density at radius 1 is 1.00 bits per heavy atom. The molecule has 0 atom stereocenters. The summed E-state index contributed by atoms with van der Waals surface area (Å²) in [5.74, 6) is -1.42.